The Hall–Kier alpha value is -1.71. The Kier molecular flexibility index (Phi) is 3.56. The van der Waals surface area contributed by atoms with Crippen LogP contribution in [0.1, 0.15) is 51.5 Å². The average molecular weight is 288 g/mol. The van der Waals surface area contributed by atoms with Crippen LogP contribution in [0.25, 0.3) is 0 Å². The fraction of sp³-hybridized carbons (Fsp3) is 0.588. The van der Waals surface area contributed by atoms with E-state index in [1.54, 1.807) is 0 Å². The molecule has 2 N–H and O–H groups in total. The van der Waals surface area contributed by atoms with Crippen LogP contribution in [-0.2, 0) is 4.74 Å². The third kappa shape index (κ3) is 2.99. The molecule has 3 atom stereocenters. The van der Waals surface area contributed by atoms with Crippen LogP contribution in [-0.4, -0.2) is 23.8 Å². The van der Waals surface area contributed by atoms with Gasteiger partial charge in [-0.3, -0.25) is 0 Å². The lowest BCUT2D eigenvalue weighted by Crippen LogP contribution is -2.55. The van der Waals surface area contributed by atoms with Crippen molar-refractivity contribution in [1.82, 2.24) is 5.32 Å². The zero-order chi connectivity index (χ0) is 15.0. The van der Waals surface area contributed by atoms with Gasteiger partial charge in [0, 0.05) is 17.6 Å². The van der Waals surface area contributed by atoms with E-state index in [0.717, 1.165) is 12.8 Å². The maximum absolute atomic E-state index is 12.1. The predicted octanol–water partition coefficient (Wildman–Crippen LogP) is 3.64. The second kappa shape index (κ2) is 5.24. The number of para-hydroxylation sites is 1. The Morgan fingerprint density at radius 1 is 1.29 bits per heavy atom. The number of ether oxygens (including phenoxy) is 1. The number of benzene rings is 1. The fourth-order valence-electron chi connectivity index (χ4n) is 3.50. The maximum Gasteiger partial charge on any atom is 0.407 e. The highest BCUT2D eigenvalue weighted by atomic mass is 16.6. The molecule has 1 aromatic carbocycles. The number of rotatable bonds is 1. The van der Waals surface area contributed by atoms with Crippen molar-refractivity contribution in [3.63, 3.8) is 0 Å². The molecule has 3 rings (SSSR count). The van der Waals surface area contributed by atoms with Gasteiger partial charge in [0.15, 0.2) is 0 Å². The summed E-state index contributed by atoms with van der Waals surface area (Å²) >= 11 is 0. The highest BCUT2D eigenvalue weighted by Gasteiger charge is 2.40. The Bertz CT molecular complexity index is 536. The molecule has 1 unspecified atom stereocenters. The first kappa shape index (κ1) is 14.2. The molecule has 114 valence electrons. The number of carbonyl (C=O) groups is 1. The van der Waals surface area contributed by atoms with Gasteiger partial charge in [-0.15, -0.1) is 0 Å². The first-order valence-electron chi connectivity index (χ1n) is 7.79. The summed E-state index contributed by atoms with van der Waals surface area (Å²) in [6.07, 6.45) is 3.09. The summed E-state index contributed by atoms with van der Waals surface area (Å²) in [5, 5.41) is 6.67. The second-order valence-corrected chi connectivity index (χ2v) is 7.05. The minimum absolute atomic E-state index is 0.114. The number of fused-ring (bicyclic) bond motifs is 4. The molecule has 0 spiro atoms. The van der Waals surface area contributed by atoms with Crippen LogP contribution in [0.3, 0.4) is 0 Å². The van der Waals surface area contributed by atoms with Crippen molar-refractivity contribution in [2.45, 2.75) is 63.6 Å². The first-order valence-corrected chi connectivity index (χ1v) is 7.79. The molecule has 21 heavy (non-hydrogen) atoms. The van der Waals surface area contributed by atoms with Crippen molar-refractivity contribution < 1.29 is 9.53 Å². The maximum atomic E-state index is 12.1. The third-order valence-electron chi connectivity index (χ3n) is 4.28. The van der Waals surface area contributed by atoms with Crippen LogP contribution in [0.15, 0.2) is 24.3 Å². The van der Waals surface area contributed by atoms with Crippen LogP contribution in [0.2, 0.25) is 0 Å². The number of amides is 1. The molecule has 1 aliphatic heterocycles. The van der Waals surface area contributed by atoms with Gasteiger partial charge >= 0.3 is 6.09 Å². The SMILES string of the molecule is CC(C)(C)OC(=O)NC1[C@@H]2CCC[C@H]1c1ccccc1N2. The number of carbonyl (C=O) groups excluding carboxylic acids is 1. The molecule has 0 radical (unpaired) electrons. The van der Waals surface area contributed by atoms with Gasteiger partial charge in [0.05, 0.1) is 6.04 Å². The summed E-state index contributed by atoms with van der Waals surface area (Å²) in [7, 11) is 0. The second-order valence-electron chi connectivity index (χ2n) is 7.05. The summed E-state index contributed by atoms with van der Waals surface area (Å²) in [6.45, 7) is 5.67. The molecular formula is C17H24N2O2. The normalized spacial score (nSPS) is 27.3. The Labute approximate surface area is 126 Å². The van der Waals surface area contributed by atoms with Crippen molar-refractivity contribution in [2.75, 3.05) is 5.32 Å². The zero-order valence-corrected chi connectivity index (χ0v) is 13.0. The van der Waals surface area contributed by atoms with E-state index < -0.39 is 5.60 Å². The van der Waals surface area contributed by atoms with Gasteiger partial charge in [0.25, 0.3) is 0 Å². The van der Waals surface area contributed by atoms with E-state index in [1.165, 1.54) is 17.7 Å². The third-order valence-corrected chi connectivity index (χ3v) is 4.28. The van der Waals surface area contributed by atoms with Gasteiger partial charge in [0.1, 0.15) is 5.60 Å². The summed E-state index contributed by atoms with van der Waals surface area (Å²) in [5.74, 6) is 0.383. The van der Waals surface area contributed by atoms with E-state index in [1.807, 2.05) is 20.8 Å². The number of nitrogens with one attached hydrogen (secondary N) is 2. The topological polar surface area (TPSA) is 50.4 Å². The fourth-order valence-corrected chi connectivity index (χ4v) is 3.50. The van der Waals surface area contributed by atoms with Crippen LogP contribution < -0.4 is 10.6 Å². The Morgan fingerprint density at radius 2 is 2.05 bits per heavy atom. The minimum atomic E-state index is -0.459. The molecule has 1 amide bonds. The number of alkyl carbamates (subject to hydrolysis) is 1. The molecule has 0 saturated heterocycles. The van der Waals surface area contributed by atoms with Gasteiger partial charge in [-0.25, -0.2) is 4.79 Å². The number of hydrogen-bond acceptors (Lipinski definition) is 3. The van der Waals surface area contributed by atoms with E-state index in [9.17, 15) is 4.79 Å². The molecule has 1 aromatic rings. The lowest BCUT2D eigenvalue weighted by atomic mass is 9.74. The van der Waals surface area contributed by atoms with E-state index in [-0.39, 0.29) is 12.1 Å². The average Bonchev–Trinajstić information content (AvgIpc) is 2.37. The molecule has 1 aliphatic carbocycles. The van der Waals surface area contributed by atoms with E-state index >= 15 is 0 Å². The monoisotopic (exact) mass is 288 g/mol. The summed E-state index contributed by atoms with van der Waals surface area (Å²) in [6, 6.07) is 8.83. The van der Waals surface area contributed by atoms with E-state index in [4.69, 9.17) is 4.74 Å². The molecule has 4 nitrogen and oxygen atoms in total. The van der Waals surface area contributed by atoms with Gasteiger partial charge in [0.2, 0.25) is 0 Å². The van der Waals surface area contributed by atoms with Crippen LogP contribution >= 0.6 is 0 Å². The molecule has 1 fully saturated rings. The largest absolute Gasteiger partial charge is 0.444 e. The highest BCUT2D eigenvalue weighted by molar-refractivity contribution is 5.69. The highest BCUT2D eigenvalue weighted by Crippen LogP contribution is 2.42. The van der Waals surface area contributed by atoms with Crippen molar-refractivity contribution in [1.29, 1.82) is 0 Å². The molecule has 1 heterocycles. The molecular weight excluding hydrogens is 264 g/mol. The lowest BCUT2D eigenvalue weighted by molar-refractivity contribution is 0.0477. The van der Waals surface area contributed by atoms with Crippen LogP contribution in [0.5, 0.6) is 0 Å². The van der Waals surface area contributed by atoms with Crippen LogP contribution in [0.4, 0.5) is 10.5 Å². The molecule has 2 bridgehead atoms. The number of hydrogen-bond donors (Lipinski definition) is 2. The summed E-state index contributed by atoms with van der Waals surface area (Å²) < 4.78 is 5.42. The van der Waals surface area contributed by atoms with Gasteiger partial charge < -0.3 is 15.4 Å². The zero-order valence-electron chi connectivity index (χ0n) is 13.0. The summed E-state index contributed by atoms with van der Waals surface area (Å²) in [5.41, 5.74) is 2.07. The van der Waals surface area contributed by atoms with Crippen molar-refractivity contribution in [2.24, 2.45) is 0 Å². The minimum Gasteiger partial charge on any atom is -0.444 e. The van der Waals surface area contributed by atoms with Crippen LogP contribution in [0, 0.1) is 0 Å². The van der Waals surface area contributed by atoms with Gasteiger partial charge in [-0.1, -0.05) is 24.6 Å². The Balaban J connectivity index is 1.79. The first-order chi connectivity index (χ1) is 9.94. The molecule has 0 aromatic heterocycles. The van der Waals surface area contributed by atoms with Gasteiger partial charge in [-0.05, 0) is 45.2 Å². The van der Waals surface area contributed by atoms with Crippen molar-refractivity contribution >= 4 is 11.8 Å². The predicted molar refractivity (Wildman–Crippen MR) is 83.6 cm³/mol. The quantitative estimate of drug-likeness (QED) is 0.829. The van der Waals surface area contributed by atoms with E-state index in [0.29, 0.717) is 12.0 Å². The lowest BCUT2D eigenvalue weighted by Gasteiger charge is -2.44. The van der Waals surface area contributed by atoms with E-state index in [2.05, 4.69) is 34.9 Å². The standard InChI is InChI=1S/C17H24N2O2/c1-17(2,3)21-16(20)19-15-12-8-6-10-14(15)18-13-9-5-4-7-11(12)13/h4-5,7,9,12,14-15,18H,6,8,10H2,1-3H3,(H,19,20)/t12-,14-,15?/m0/s1. The van der Waals surface area contributed by atoms with Crippen molar-refractivity contribution in [3.8, 4) is 0 Å². The number of anilines is 1. The molecule has 2 aliphatic rings. The summed E-state index contributed by atoms with van der Waals surface area (Å²) in [4.78, 5) is 12.1. The van der Waals surface area contributed by atoms with Gasteiger partial charge in [-0.2, -0.15) is 0 Å². The smallest absolute Gasteiger partial charge is 0.407 e. The van der Waals surface area contributed by atoms with Crippen molar-refractivity contribution in [3.05, 3.63) is 29.8 Å². The molecule has 4 heteroatoms. The Morgan fingerprint density at radius 3 is 2.81 bits per heavy atom. The molecule has 1 saturated carbocycles.